The number of nitrogens with zero attached hydrogens (tertiary/aromatic N) is 1. The van der Waals surface area contributed by atoms with Gasteiger partial charge in [0.1, 0.15) is 0 Å². The van der Waals surface area contributed by atoms with Crippen LogP contribution < -0.4 is 5.73 Å². The second kappa shape index (κ2) is 3.72. The van der Waals surface area contributed by atoms with Gasteiger partial charge in [0.25, 0.3) is 0 Å². The molecule has 0 aromatic heterocycles. The lowest BCUT2D eigenvalue weighted by Gasteiger charge is -2.24. The lowest BCUT2D eigenvalue weighted by Crippen LogP contribution is -2.41. The zero-order valence-corrected chi connectivity index (χ0v) is 7.71. The summed E-state index contributed by atoms with van der Waals surface area (Å²) in [6.45, 7) is 5.18. The number of carbonyl (C=O) groups excluding carboxylic acids is 1. The summed E-state index contributed by atoms with van der Waals surface area (Å²) in [6.07, 6.45) is 2.64. The number of amides is 1. The Morgan fingerprint density at radius 2 is 2.50 bits per heavy atom. The van der Waals surface area contributed by atoms with Crippen LogP contribution in [0.5, 0.6) is 0 Å². The van der Waals surface area contributed by atoms with Gasteiger partial charge in [0.05, 0.1) is 6.04 Å². The molecule has 0 fully saturated rings. The molecule has 0 radical (unpaired) electrons. The lowest BCUT2D eigenvalue weighted by atomic mass is 10.1. The van der Waals surface area contributed by atoms with Gasteiger partial charge in [-0.2, -0.15) is 0 Å². The Morgan fingerprint density at radius 3 is 3.00 bits per heavy atom. The first-order valence-electron chi connectivity index (χ1n) is 4.36. The van der Waals surface area contributed by atoms with Crippen molar-refractivity contribution in [3.8, 4) is 0 Å². The van der Waals surface area contributed by atoms with Gasteiger partial charge >= 0.3 is 0 Å². The molecule has 0 spiro atoms. The second-order valence-corrected chi connectivity index (χ2v) is 3.10. The number of hydrogen-bond donors (Lipinski definition) is 1. The third-order valence-corrected chi connectivity index (χ3v) is 2.36. The zero-order chi connectivity index (χ0) is 9.14. The molecule has 1 unspecified atom stereocenters. The fraction of sp³-hybridized carbons (Fsp3) is 0.667. The molecule has 1 amide bonds. The number of rotatable bonds is 2. The van der Waals surface area contributed by atoms with Gasteiger partial charge < -0.3 is 10.6 Å². The molecule has 0 bridgehead atoms. The van der Waals surface area contributed by atoms with Gasteiger partial charge in [0.15, 0.2) is 0 Å². The lowest BCUT2D eigenvalue weighted by molar-refractivity contribution is -0.131. The summed E-state index contributed by atoms with van der Waals surface area (Å²) in [5, 5.41) is 0. The molecule has 12 heavy (non-hydrogen) atoms. The minimum Gasteiger partial charge on any atom is -0.331 e. The van der Waals surface area contributed by atoms with Gasteiger partial charge in [-0.3, -0.25) is 4.79 Å². The molecule has 68 valence electrons. The van der Waals surface area contributed by atoms with Crippen LogP contribution in [0.3, 0.4) is 0 Å². The van der Waals surface area contributed by atoms with E-state index in [0.717, 1.165) is 6.54 Å². The molecule has 1 heterocycles. The number of carbonyl (C=O) groups is 1. The summed E-state index contributed by atoms with van der Waals surface area (Å²) < 4.78 is 0. The van der Waals surface area contributed by atoms with Gasteiger partial charge in [-0.1, -0.05) is 18.6 Å². The molecule has 0 aromatic carbocycles. The van der Waals surface area contributed by atoms with E-state index in [2.05, 4.69) is 6.08 Å². The molecule has 3 heteroatoms. The fourth-order valence-electron chi connectivity index (χ4n) is 1.54. The average Bonchev–Trinajstić information content (AvgIpc) is 2.45. The van der Waals surface area contributed by atoms with Crippen molar-refractivity contribution in [2.75, 3.05) is 13.1 Å². The predicted octanol–water partition coefficient (Wildman–Crippen LogP) is 0.512. The van der Waals surface area contributed by atoms with Crippen LogP contribution in [0.4, 0.5) is 0 Å². The first-order valence-corrected chi connectivity index (χ1v) is 4.36. The monoisotopic (exact) mass is 168 g/mol. The number of nitrogens with two attached hydrogens (primary N) is 1. The van der Waals surface area contributed by atoms with E-state index in [4.69, 9.17) is 5.73 Å². The average molecular weight is 168 g/mol. The molecule has 1 aliphatic rings. The maximum Gasteiger partial charge on any atom is 0.223 e. The Labute approximate surface area is 73.2 Å². The maximum absolute atomic E-state index is 11.4. The van der Waals surface area contributed by atoms with Crippen molar-refractivity contribution in [1.82, 2.24) is 4.90 Å². The first-order chi connectivity index (χ1) is 5.70. The van der Waals surface area contributed by atoms with Crippen molar-refractivity contribution in [2.24, 2.45) is 5.73 Å². The molecule has 1 rings (SSSR count). The van der Waals surface area contributed by atoms with Crippen molar-refractivity contribution in [3.63, 3.8) is 0 Å². The topological polar surface area (TPSA) is 46.3 Å². The van der Waals surface area contributed by atoms with Crippen molar-refractivity contribution in [1.29, 1.82) is 0 Å². The normalized spacial score (nSPS) is 22.8. The van der Waals surface area contributed by atoms with E-state index in [1.807, 2.05) is 18.7 Å². The molecular weight excluding hydrogens is 152 g/mol. The van der Waals surface area contributed by atoms with Crippen LogP contribution in [0.25, 0.3) is 0 Å². The standard InChI is InChI=1S/C9H16N2O/c1-3-9(12)11-5-4-7(2)8(11)6-10/h4,8H,3,5-6,10H2,1-2H3. The van der Waals surface area contributed by atoms with E-state index in [1.165, 1.54) is 5.57 Å². The van der Waals surface area contributed by atoms with Crippen LogP contribution in [0.1, 0.15) is 20.3 Å². The van der Waals surface area contributed by atoms with Crippen molar-refractivity contribution < 1.29 is 4.79 Å². The quantitative estimate of drug-likeness (QED) is 0.611. The van der Waals surface area contributed by atoms with E-state index < -0.39 is 0 Å². The molecule has 0 aliphatic carbocycles. The molecule has 0 saturated carbocycles. The highest BCUT2D eigenvalue weighted by Crippen LogP contribution is 2.17. The SMILES string of the molecule is CCC(=O)N1CC=C(C)C1CN. The van der Waals surface area contributed by atoms with Crippen LogP contribution in [0.2, 0.25) is 0 Å². The van der Waals surface area contributed by atoms with Crippen LogP contribution in [-0.4, -0.2) is 29.9 Å². The second-order valence-electron chi connectivity index (χ2n) is 3.10. The number of hydrogen-bond acceptors (Lipinski definition) is 2. The van der Waals surface area contributed by atoms with Gasteiger partial charge in [0, 0.05) is 19.5 Å². The largest absolute Gasteiger partial charge is 0.331 e. The van der Waals surface area contributed by atoms with E-state index in [1.54, 1.807) is 0 Å². The Morgan fingerprint density at radius 1 is 1.83 bits per heavy atom. The maximum atomic E-state index is 11.4. The molecule has 1 atom stereocenters. The predicted molar refractivity (Wildman–Crippen MR) is 48.6 cm³/mol. The van der Waals surface area contributed by atoms with E-state index in [9.17, 15) is 4.79 Å². The zero-order valence-electron chi connectivity index (χ0n) is 7.71. The molecular formula is C9H16N2O. The highest BCUT2D eigenvalue weighted by Gasteiger charge is 2.25. The Hall–Kier alpha value is -0.830. The summed E-state index contributed by atoms with van der Waals surface area (Å²) in [7, 11) is 0. The van der Waals surface area contributed by atoms with Gasteiger partial charge in [-0.15, -0.1) is 0 Å². The summed E-state index contributed by atoms with van der Waals surface area (Å²) in [5.41, 5.74) is 6.79. The third-order valence-electron chi connectivity index (χ3n) is 2.36. The molecule has 0 aromatic rings. The smallest absolute Gasteiger partial charge is 0.223 e. The molecule has 2 N–H and O–H groups in total. The van der Waals surface area contributed by atoms with Crippen LogP contribution in [0, 0.1) is 0 Å². The van der Waals surface area contributed by atoms with E-state index in [0.29, 0.717) is 13.0 Å². The first kappa shape index (κ1) is 9.26. The minimum atomic E-state index is 0.150. The van der Waals surface area contributed by atoms with Gasteiger partial charge in [0.2, 0.25) is 5.91 Å². The van der Waals surface area contributed by atoms with Crippen LogP contribution in [-0.2, 0) is 4.79 Å². The highest BCUT2D eigenvalue weighted by molar-refractivity contribution is 5.77. The van der Waals surface area contributed by atoms with Crippen molar-refractivity contribution >= 4 is 5.91 Å². The van der Waals surface area contributed by atoms with Crippen LogP contribution in [0.15, 0.2) is 11.6 Å². The third kappa shape index (κ3) is 1.50. The Bertz CT molecular complexity index is 211. The molecule has 0 saturated heterocycles. The minimum absolute atomic E-state index is 0.150. The Kier molecular flexibility index (Phi) is 2.87. The van der Waals surface area contributed by atoms with Crippen LogP contribution >= 0.6 is 0 Å². The summed E-state index contributed by atoms with van der Waals surface area (Å²) in [6, 6.07) is 0.150. The van der Waals surface area contributed by atoms with Crippen molar-refractivity contribution in [2.45, 2.75) is 26.3 Å². The van der Waals surface area contributed by atoms with Gasteiger partial charge in [-0.25, -0.2) is 0 Å². The molecule has 3 nitrogen and oxygen atoms in total. The Balaban J connectivity index is 2.65. The van der Waals surface area contributed by atoms with Gasteiger partial charge in [-0.05, 0) is 6.92 Å². The van der Waals surface area contributed by atoms with Crippen molar-refractivity contribution in [3.05, 3.63) is 11.6 Å². The fourth-order valence-corrected chi connectivity index (χ4v) is 1.54. The molecule has 1 aliphatic heterocycles. The summed E-state index contributed by atoms with van der Waals surface area (Å²) in [4.78, 5) is 13.2. The van der Waals surface area contributed by atoms with E-state index >= 15 is 0 Å². The summed E-state index contributed by atoms with van der Waals surface area (Å²) >= 11 is 0. The highest BCUT2D eigenvalue weighted by atomic mass is 16.2. The van der Waals surface area contributed by atoms with E-state index in [-0.39, 0.29) is 11.9 Å². The summed E-state index contributed by atoms with van der Waals surface area (Å²) in [5.74, 6) is 0.193.